The lowest BCUT2D eigenvalue weighted by Crippen LogP contribution is -2.04. The van der Waals surface area contributed by atoms with Crippen LogP contribution in [0, 0.1) is 0 Å². The van der Waals surface area contributed by atoms with Crippen LogP contribution >= 0.6 is 11.6 Å². The van der Waals surface area contributed by atoms with Gasteiger partial charge in [-0.15, -0.1) is 0 Å². The summed E-state index contributed by atoms with van der Waals surface area (Å²) in [6, 6.07) is 8.52. The van der Waals surface area contributed by atoms with E-state index in [2.05, 4.69) is 10.3 Å². The maximum Gasteiger partial charge on any atom is 0.354 e. The van der Waals surface area contributed by atoms with Crippen molar-refractivity contribution < 1.29 is 14.6 Å². The van der Waals surface area contributed by atoms with Crippen LogP contribution in [-0.4, -0.2) is 23.2 Å². The molecule has 0 radical (unpaired) electrons. The number of aromatic nitrogens is 1. The first-order chi connectivity index (χ1) is 9.61. The maximum atomic E-state index is 10.7. The fraction of sp³-hybridized carbons (Fsp3) is 0.143. The Hall–Kier alpha value is -2.27. The molecule has 0 saturated heterocycles. The Morgan fingerprint density at radius 1 is 1.40 bits per heavy atom. The van der Waals surface area contributed by atoms with Crippen molar-refractivity contribution >= 4 is 23.3 Å². The van der Waals surface area contributed by atoms with Gasteiger partial charge >= 0.3 is 5.97 Å². The van der Waals surface area contributed by atoms with Gasteiger partial charge in [0.1, 0.15) is 11.4 Å². The molecule has 0 unspecified atom stereocenters. The number of methoxy groups -OCH3 is 1. The van der Waals surface area contributed by atoms with Crippen LogP contribution in [0.25, 0.3) is 0 Å². The molecular weight excluding hydrogens is 280 g/mol. The molecule has 0 aliphatic carbocycles. The van der Waals surface area contributed by atoms with Crippen molar-refractivity contribution in [3.63, 3.8) is 0 Å². The Morgan fingerprint density at radius 2 is 2.20 bits per heavy atom. The predicted octanol–water partition coefficient (Wildman–Crippen LogP) is 3.05. The highest BCUT2D eigenvalue weighted by molar-refractivity contribution is 6.31. The van der Waals surface area contributed by atoms with Crippen molar-refractivity contribution in [2.45, 2.75) is 6.54 Å². The highest BCUT2D eigenvalue weighted by atomic mass is 35.5. The van der Waals surface area contributed by atoms with E-state index < -0.39 is 5.97 Å². The highest BCUT2D eigenvalue weighted by Crippen LogP contribution is 2.26. The van der Waals surface area contributed by atoms with Crippen LogP contribution in [0.4, 0.5) is 5.69 Å². The minimum atomic E-state index is -1.05. The quantitative estimate of drug-likeness (QED) is 0.886. The molecule has 0 atom stereocenters. The second-order valence-electron chi connectivity index (χ2n) is 4.01. The fourth-order valence-electron chi connectivity index (χ4n) is 1.72. The first kappa shape index (κ1) is 14.1. The van der Waals surface area contributed by atoms with Crippen molar-refractivity contribution in [3.8, 4) is 5.75 Å². The standard InChI is InChI=1S/C14H13ClN2O3/c1-20-13-4-2-3-11(15)10(13)8-16-9-5-6-12(14(18)19)17-7-9/h2-7,16H,8H2,1H3,(H,18,19). The number of anilines is 1. The number of carbonyl (C=O) groups is 1. The zero-order valence-electron chi connectivity index (χ0n) is 10.8. The SMILES string of the molecule is COc1cccc(Cl)c1CNc1ccc(C(=O)O)nc1. The summed E-state index contributed by atoms with van der Waals surface area (Å²) in [5.41, 5.74) is 1.54. The first-order valence-electron chi connectivity index (χ1n) is 5.86. The molecule has 1 aromatic heterocycles. The Kier molecular flexibility index (Phi) is 4.42. The second-order valence-corrected chi connectivity index (χ2v) is 4.42. The van der Waals surface area contributed by atoms with Gasteiger partial charge in [0.2, 0.25) is 0 Å². The Morgan fingerprint density at radius 3 is 2.80 bits per heavy atom. The third-order valence-electron chi connectivity index (χ3n) is 2.75. The van der Waals surface area contributed by atoms with E-state index in [0.717, 1.165) is 5.56 Å². The van der Waals surface area contributed by atoms with E-state index in [9.17, 15) is 4.79 Å². The molecule has 6 heteroatoms. The zero-order valence-corrected chi connectivity index (χ0v) is 11.5. The molecule has 5 nitrogen and oxygen atoms in total. The number of carboxylic acids is 1. The number of pyridine rings is 1. The topological polar surface area (TPSA) is 71.5 Å². The van der Waals surface area contributed by atoms with Gasteiger partial charge in [-0.25, -0.2) is 9.78 Å². The van der Waals surface area contributed by atoms with Gasteiger partial charge in [-0.1, -0.05) is 17.7 Å². The van der Waals surface area contributed by atoms with Gasteiger partial charge in [-0.05, 0) is 24.3 Å². The lowest BCUT2D eigenvalue weighted by Gasteiger charge is -2.12. The van der Waals surface area contributed by atoms with Crippen molar-refractivity contribution in [1.82, 2.24) is 4.98 Å². The van der Waals surface area contributed by atoms with E-state index in [1.54, 1.807) is 19.2 Å². The summed E-state index contributed by atoms with van der Waals surface area (Å²) in [6.07, 6.45) is 1.47. The number of ether oxygens (including phenoxy) is 1. The maximum absolute atomic E-state index is 10.7. The molecule has 0 fully saturated rings. The molecule has 1 heterocycles. The zero-order chi connectivity index (χ0) is 14.5. The van der Waals surface area contributed by atoms with Gasteiger partial charge in [-0.3, -0.25) is 0 Å². The average molecular weight is 293 g/mol. The summed E-state index contributed by atoms with van der Waals surface area (Å²) < 4.78 is 5.25. The van der Waals surface area contributed by atoms with Gasteiger partial charge in [0, 0.05) is 17.1 Å². The lowest BCUT2D eigenvalue weighted by atomic mass is 10.2. The molecule has 0 aliphatic rings. The second kappa shape index (κ2) is 6.25. The minimum absolute atomic E-state index is 0.00544. The number of hydrogen-bond acceptors (Lipinski definition) is 4. The number of rotatable bonds is 5. The number of carboxylic acid groups (broad SMARTS) is 1. The molecule has 0 bridgehead atoms. The molecule has 2 N–H and O–H groups in total. The van der Waals surface area contributed by atoms with Crippen molar-refractivity contribution in [2.75, 3.05) is 12.4 Å². The Bertz CT molecular complexity index is 614. The number of halogens is 1. The molecule has 2 aromatic rings. The van der Waals surface area contributed by atoms with E-state index in [4.69, 9.17) is 21.4 Å². The Labute approximate surface area is 121 Å². The van der Waals surface area contributed by atoms with Crippen molar-refractivity contribution in [1.29, 1.82) is 0 Å². The molecular formula is C14H13ClN2O3. The number of hydrogen-bond donors (Lipinski definition) is 2. The third-order valence-corrected chi connectivity index (χ3v) is 3.10. The summed E-state index contributed by atoms with van der Waals surface area (Å²) in [5, 5.41) is 12.5. The van der Waals surface area contributed by atoms with E-state index in [1.807, 2.05) is 12.1 Å². The van der Waals surface area contributed by atoms with Crippen LogP contribution in [0.15, 0.2) is 36.5 Å². The van der Waals surface area contributed by atoms with E-state index in [1.165, 1.54) is 12.3 Å². The number of aromatic carboxylic acids is 1. The molecule has 1 aromatic carbocycles. The summed E-state index contributed by atoms with van der Waals surface area (Å²) in [5.74, 6) is -0.357. The number of benzene rings is 1. The molecule has 20 heavy (non-hydrogen) atoms. The summed E-state index contributed by atoms with van der Waals surface area (Å²) in [4.78, 5) is 14.5. The van der Waals surface area contributed by atoms with Crippen LogP contribution in [0.3, 0.4) is 0 Å². The van der Waals surface area contributed by atoms with Crippen LogP contribution in [0.5, 0.6) is 5.75 Å². The molecule has 0 saturated carbocycles. The third kappa shape index (κ3) is 3.19. The number of nitrogens with zero attached hydrogens (tertiary/aromatic N) is 1. The molecule has 2 rings (SSSR count). The Balaban J connectivity index is 2.11. The van der Waals surface area contributed by atoms with E-state index in [0.29, 0.717) is 23.0 Å². The summed E-state index contributed by atoms with van der Waals surface area (Å²) in [6.45, 7) is 0.455. The summed E-state index contributed by atoms with van der Waals surface area (Å²) in [7, 11) is 1.58. The first-order valence-corrected chi connectivity index (χ1v) is 6.24. The van der Waals surface area contributed by atoms with Gasteiger partial charge in [0.25, 0.3) is 0 Å². The van der Waals surface area contributed by atoms with Crippen molar-refractivity contribution in [2.24, 2.45) is 0 Å². The van der Waals surface area contributed by atoms with Gasteiger partial charge in [-0.2, -0.15) is 0 Å². The predicted molar refractivity (Wildman–Crippen MR) is 76.5 cm³/mol. The lowest BCUT2D eigenvalue weighted by molar-refractivity contribution is 0.0690. The number of nitrogens with one attached hydrogen (secondary N) is 1. The minimum Gasteiger partial charge on any atom is -0.496 e. The van der Waals surface area contributed by atoms with Gasteiger partial charge in [0.15, 0.2) is 0 Å². The highest BCUT2D eigenvalue weighted by Gasteiger charge is 2.08. The molecule has 104 valence electrons. The average Bonchev–Trinajstić information content (AvgIpc) is 2.46. The normalized spacial score (nSPS) is 10.1. The van der Waals surface area contributed by atoms with Gasteiger partial charge < -0.3 is 15.2 Å². The smallest absolute Gasteiger partial charge is 0.354 e. The van der Waals surface area contributed by atoms with E-state index >= 15 is 0 Å². The molecule has 0 spiro atoms. The fourth-order valence-corrected chi connectivity index (χ4v) is 1.95. The monoisotopic (exact) mass is 292 g/mol. The molecule has 0 aliphatic heterocycles. The van der Waals surface area contributed by atoms with Crippen LogP contribution in [0.1, 0.15) is 16.1 Å². The summed E-state index contributed by atoms with van der Waals surface area (Å²) >= 11 is 6.13. The van der Waals surface area contributed by atoms with Gasteiger partial charge in [0.05, 0.1) is 19.0 Å². The van der Waals surface area contributed by atoms with Crippen molar-refractivity contribution in [3.05, 3.63) is 52.8 Å². The van der Waals surface area contributed by atoms with Crippen LogP contribution < -0.4 is 10.1 Å². The van der Waals surface area contributed by atoms with E-state index in [-0.39, 0.29) is 5.69 Å². The van der Waals surface area contributed by atoms with Crippen LogP contribution in [0.2, 0.25) is 5.02 Å². The van der Waals surface area contributed by atoms with Crippen LogP contribution in [-0.2, 0) is 6.54 Å². The largest absolute Gasteiger partial charge is 0.496 e. The molecule has 0 amide bonds.